The lowest BCUT2D eigenvalue weighted by Crippen LogP contribution is -2.00. The summed E-state index contributed by atoms with van der Waals surface area (Å²) in [5, 5.41) is 0.671. The van der Waals surface area contributed by atoms with E-state index in [-0.39, 0.29) is 5.63 Å². The molecule has 0 unspecified atom stereocenters. The Kier molecular flexibility index (Phi) is 2.87. The van der Waals surface area contributed by atoms with Crippen LogP contribution in [0, 0.1) is 0 Å². The third-order valence-corrected chi connectivity index (χ3v) is 2.51. The second-order valence-electron chi connectivity index (χ2n) is 2.89. The highest BCUT2D eigenvalue weighted by Gasteiger charge is 2.04. The molecular weight excluding hydrogens is 210 g/mol. The van der Waals surface area contributed by atoms with Gasteiger partial charge < -0.3 is 4.42 Å². The zero-order chi connectivity index (χ0) is 10.7. The van der Waals surface area contributed by atoms with Crippen molar-refractivity contribution < 1.29 is 4.42 Å². The molecule has 4 heteroatoms. The second-order valence-corrected chi connectivity index (χ2v) is 3.72. The second kappa shape index (κ2) is 4.31. The van der Waals surface area contributed by atoms with Crippen molar-refractivity contribution in [3.63, 3.8) is 0 Å². The number of hydrogen-bond donors (Lipinski definition) is 0. The molecule has 76 valence electrons. The van der Waals surface area contributed by atoms with Crippen molar-refractivity contribution in [2.24, 2.45) is 0 Å². The third kappa shape index (κ3) is 2.27. The maximum absolute atomic E-state index is 11.2. The zero-order valence-corrected chi connectivity index (χ0v) is 8.95. The van der Waals surface area contributed by atoms with Gasteiger partial charge in [0.2, 0.25) is 5.89 Å². The molecule has 1 heterocycles. The molecule has 3 nitrogen and oxygen atoms in total. The van der Waals surface area contributed by atoms with Crippen LogP contribution in [0.25, 0.3) is 11.5 Å². The smallest absolute Gasteiger partial charge is 0.340 e. The van der Waals surface area contributed by atoms with Crippen LogP contribution in [0.1, 0.15) is 0 Å². The van der Waals surface area contributed by atoms with E-state index >= 15 is 0 Å². The Morgan fingerprint density at radius 2 is 2.00 bits per heavy atom. The minimum Gasteiger partial charge on any atom is -0.404 e. The monoisotopic (exact) mass is 219 g/mol. The number of thioether (sulfide) groups is 1. The molecule has 0 radical (unpaired) electrons. The van der Waals surface area contributed by atoms with Gasteiger partial charge in [-0.05, 0) is 18.4 Å². The van der Waals surface area contributed by atoms with Gasteiger partial charge in [0.15, 0.2) is 0 Å². The molecule has 0 aliphatic rings. The average Bonchev–Trinajstić information content (AvgIpc) is 2.29. The van der Waals surface area contributed by atoms with Crippen LogP contribution >= 0.6 is 11.8 Å². The number of nitrogens with zero attached hydrogens (tertiary/aromatic N) is 1. The van der Waals surface area contributed by atoms with E-state index in [0.717, 1.165) is 5.56 Å². The fraction of sp³-hybridized carbons (Fsp3) is 0.0909. The first-order valence-corrected chi connectivity index (χ1v) is 5.63. The van der Waals surface area contributed by atoms with Gasteiger partial charge in [-0.15, -0.1) is 11.8 Å². The number of benzene rings is 1. The zero-order valence-electron chi connectivity index (χ0n) is 8.14. The van der Waals surface area contributed by atoms with Crippen molar-refractivity contribution >= 4 is 11.8 Å². The Morgan fingerprint density at radius 1 is 1.27 bits per heavy atom. The first-order valence-electron chi connectivity index (χ1n) is 4.41. The van der Waals surface area contributed by atoms with E-state index in [1.54, 1.807) is 0 Å². The van der Waals surface area contributed by atoms with Crippen LogP contribution in [0.5, 0.6) is 0 Å². The third-order valence-electron chi connectivity index (χ3n) is 1.88. The Balaban J connectivity index is 2.54. The summed E-state index contributed by atoms with van der Waals surface area (Å²) in [6, 6.07) is 10.8. The van der Waals surface area contributed by atoms with Gasteiger partial charge in [-0.2, -0.15) is 0 Å². The minimum atomic E-state index is -0.367. The maximum Gasteiger partial charge on any atom is 0.340 e. The lowest BCUT2D eigenvalue weighted by molar-refractivity contribution is 0.498. The summed E-state index contributed by atoms with van der Waals surface area (Å²) < 4.78 is 5.03. The summed E-state index contributed by atoms with van der Waals surface area (Å²) >= 11 is 1.42. The molecule has 0 aliphatic heterocycles. The standard InChI is InChI=1S/C11H9NO2S/c1-15-9-7-10(13)14-11(12-9)8-5-3-2-4-6-8/h2-7H,1H3. The van der Waals surface area contributed by atoms with Gasteiger partial charge in [0.1, 0.15) is 5.03 Å². The van der Waals surface area contributed by atoms with Crippen molar-refractivity contribution in [3.8, 4) is 11.5 Å². The fourth-order valence-electron chi connectivity index (χ4n) is 1.19. The minimum absolute atomic E-state index is 0.367. The van der Waals surface area contributed by atoms with Gasteiger partial charge in [0.05, 0.1) is 6.07 Å². The molecule has 2 rings (SSSR count). The van der Waals surface area contributed by atoms with Crippen LogP contribution in [0.3, 0.4) is 0 Å². The van der Waals surface area contributed by atoms with Crippen molar-refractivity contribution in [1.82, 2.24) is 4.98 Å². The van der Waals surface area contributed by atoms with Gasteiger partial charge in [0.25, 0.3) is 0 Å². The molecule has 0 spiro atoms. The number of aromatic nitrogens is 1. The molecule has 0 bridgehead atoms. The van der Waals surface area contributed by atoms with E-state index in [1.807, 2.05) is 36.6 Å². The highest BCUT2D eigenvalue weighted by molar-refractivity contribution is 7.98. The Morgan fingerprint density at radius 3 is 2.67 bits per heavy atom. The van der Waals surface area contributed by atoms with Crippen LogP contribution in [-0.2, 0) is 0 Å². The summed E-state index contributed by atoms with van der Waals surface area (Å²) in [6.45, 7) is 0. The normalized spacial score (nSPS) is 10.2. The molecule has 1 aromatic heterocycles. The molecule has 0 amide bonds. The van der Waals surface area contributed by atoms with E-state index < -0.39 is 0 Å². The van der Waals surface area contributed by atoms with Gasteiger partial charge in [-0.1, -0.05) is 18.2 Å². The summed E-state index contributed by atoms with van der Waals surface area (Å²) in [4.78, 5) is 15.4. The van der Waals surface area contributed by atoms with Crippen molar-refractivity contribution in [2.75, 3.05) is 6.26 Å². The quantitative estimate of drug-likeness (QED) is 0.727. The summed E-state index contributed by atoms with van der Waals surface area (Å²) in [5.41, 5.74) is 0.443. The first-order chi connectivity index (χ1) is 7.29. The van der Waals surface area contributed by atoms with Crippen LogP contribution in [-0.4, -0.2) is 11.2 Å². The average molecular weight is 219 g/mol. The number of rotatable bonds is 2. The van der Waals surface area contributed by atoms with Crippen molar-refractivity contribution in [3.05, 3.63) is 46.8 Å². The van der Waals surface area contributed by atoms with Gasteiger partial charge in [-0.25, -0.2) is 9.78 Å². The molecule has 0 fully saturated rings. The highest BCUT2D eigenvalue weighted by Crippen LogP contribution is 2.17. The van der Waals surface area contributed by atoms with Crippen LogP contribution in [0.2, 0.25) is 0 Å². The summed E-state index contributed by atoms with van der Waals surface area (Å²) in [7, 11) is 0. The molecular formula is C11H9NO2S. The summed E-state index contributed by atoms with van der Waals surface area (Å²) in [6.07, 6.45) is 1.87. The SMILES string of the molecule is CSc1cc(=O)oc(-c2ccccc2)n1. The lowest BCUT2D eigenvalue weighted by atomic mass is 10.2. The molecule has 0 N–H and O–H groups in total. The van der Waals surface area contributed by atoms with Crippen LogP contribution in [0.4, 0.5) is 0 Å². The van der Waals surface area contributed by atoms with E-state index in [4.69, 9.17) is 4.42 Å². The molecule has 2 aromatic rings. The van der Waals surface area contributed by atoms with Gasteiger partial charge in [-0.3, -0.25) is 0 Å². The lowest BCUT2D eigenvalue weighted by Gasteiger charge is -1.99. The first kappa shape index (κ1) is 9.98. The highest BCUT2D eigenvalue weighted by atomic mass is 32.2. The fourth-order valence-corrected chi connectivity index (χ4v) is 1.58. The van der Waals surface area contributed by atoms with Gasteiger partial charge >= 0.3 is 5.63 Å². The Labute approximate surface area is 91.2 Å². The predicted molar refractivity (Wildman–Crippen MR) is 60.0 cm³/mol. The van der Waals surface area contributed by atoms with E-state index in [2.05, 4.69) is 4.98 Å². The molecule has 0 atom stereocenters. The van der Waals surface area contributed by atoms with Crippen molar-refractivity contribution in [1.29, 1.82) is 0 Å². The van der Waals surface area contributed by atoms with Crippen molar-refractivity contribution in [2.45, 2.75) is 5.03 Å². The largest absolute Gasteiger partial charge is 0.404 e. The van der Waals surface area contributed by atoms with Crippen LogP contribution < -0.4 is 5.63 Å². The molecule has 0 saturated heterocycles. The van der Waals surface area contributed by atoms with E-state index in [9.17, 15) is 4.79 Å². The Bertz CT molecular complexity index is 507. The maximum atomic E-state index is 11.2. The molecule has 1 aromatic carbocycles. The van der Waals surface area contributed by atoms with E-state index in [0.29, 0.717) is 10.9 Å². The molecule has 0 aliphatic carbocycles. The van der Waals surface area contributed by atoms with E-state index in [1.165, 1.54) is 17.8 Å². The molecule has 15 heavy (non-hydrogen) atoms. The predicted octanol–water partition coefficient (Wildman–Crippen LogP) is 2.42. The molecule has 0 saturated carbocycles. The van der Waals surface area contributed by atoms with Crippen LogP contribution in [0.15, 0.2) is 50.6 Å². The Hall–Kier alpha value is -1.55. The summed E-state index contributed by atoms with van der Waals surface area (Å²) in [5.74, 6) is 0.368. The van der Waals surface area contributed by atoms with Gasteiger partial charge in [0, 0.05) is 5.56 Å². The topological polar surface area (TPSA) is 43.1 Å². The number of hydrogen-bond acceptors (Lipinski definition) is 4.